The maximum absolute atomic E-state index is 10.7. The zero-order valence-electron chi connectivity index (χ0n) is 14.9. The normalized spacial score (nSPS) is 12.8. The van der Waals surface area contributed by atoms with Crippen LogP contribution in [0.5, 0.6) is 0 Å². The highest BCUT2D eigenvalue weighted by Gasteiger charge is 2.13. The number of aliphatic hydroxyl groups excluding tert-OH is 1. The molecule has 0 amide bonds. The molecule has 0 spiro atoms. The van der Waals surface area contributed by atoms with E-state index < -0.39 is 12.0 Å². The smallest absolute Gasteiger partial charge is 0.323 e. The first-order valence-corrected chi connectivity index (χ1v) is 9.44. The van der Waals surface area contributed by atoms with Gasteiger partial charge in [0, 0.05) is 0 Å². The van der Waals surface area contributed by atoms with E-state index in [9.17, 15) is 4.79 Å². The van der Waals surface area contributed by atoms with Crippen molar-refractivity contribution in [1.82, 2.24) is 5.32 Å². The van der Waals surface area contributed by atoms with Gasteiger partial charge in [-0.15, -0.1) is 0 Å². The Morgan fingerprint density at radius 2 is 1.43 bits per heavy atom. The molecule has 0 saturated heterocycles. The Bertz CT molecular complexity index is 292. The lowest BCUT2D eigenvalue weighted by Gasteiger charge is -2.10. The van der Waals surface area contributed by atoms with Gasteiger partial charge in [-0.1, -0.05) is 64.0 Å². The van der Waals surface area contributed by atoms with Crippen molar-refractivity contribution in [3.63, 3.8) is 0 Å². The Hall–Kier alpha value is -0.870. The Labute approximate surface area is 142 Å². The molecule has 0 rings (SSSR count). The van der Waals surface area contributed by atoms with Crippen molar-refractivity contribution in [2.75, 3.05) is 13.2 Å². The van der Waals surface area contributed by atoms with E-state index in [0.29, 0.717) is 6.54 Å². The maximum atomic E-state index is 10.7. The Morgan fingerprint density at radius 3 is 1.96 bits per heavy atom. The summed E-state index contributed by atoms with van der Waals surface area (Å²) >= 11 is 0. The zero-order valence-corrected chi connectivity index (χ0v) is 14.9. The first-order valence-electron chi connectivity index (χ1n) is 9.44. The number of hydrogen-bond acceptors (Lipinski definition) is 3. The van der Waals surface area contributed by atoms with Gasteiger partial charge in [-0.25, -0.2) is 0 Å². The molecule has 0 aromatic rings. The second kappa shape index (κ2) is 17.5. The van der Waals surface area contributed by atoms with Crippen LogP contribution in [0.3, 0.4) is 0 Å². The molecule has 0 aromatic heterocycles. The van der Waals surface area contributed by atoms with E-state index in [2.05, 4.69) is 24.4 Å². The van der Waals surface area contributed by atoms with Gasteiger partial charge in [0.1, 0.15) is 6.04 Å². The molecule has 0 aliphatic heterocycles. The molecule has 0 aliphatic carbocycles. The van der Waals surface area contributed by atoms with Gasteiger partial charge < -0.3 is 15.5 Å². The number of rotatable bonds is 17. The lowest BCUT2D eigenvalue weighted by Crippen LogP contribution is -2.40. The largest absolute Gasteiger partial charge is 0.480 e. The number of hydrogen-bond donors (Lipinski definition) is 3. The van der Waals surface area contributed by atoms with Gasteiger partial charge in [0.2, 0.25) is 0 Å². The number of carbonyl (C=O) groups is 1. The van der Waals surface area contributed by atoms with Gasteiger partial charge in [-0.3, -0.25) is 4.79 Å². The van der Waals surface area contributed by atoms with Gasteiger partial charge in [0.25, 0.3) is 0 Å². The van der Waals surface area contributed by atoms with Crippen molar-refractivity contribution in [2.24, 2.45) is 0 Å². The average molecular weight is 328 g/mol. The Kier molecular flexibility index (Phi) is 16.8. The number of carboxylic acids is 1. The average Bonchev–Trinajstić information content (AvgIpc) is 2.54. The molecule has 4 heteroatoms. The predicted molar refractivity (Wildman–Crippen MR) is 96.7 cm³/mol. The van der Waals surface area contributed by atoms with Crippen molar-refractivity contribution in [3.8, 4) is 0 Å². The highest BCUT2D eigenvalue weighted by Crippen LogP contribution is 2.08. The van der Waals surface area contributed by atoms with Gasteiger partial charge in [-0.05, 0) is 38.6 Å². The summed E-state index contributed by atoms with van der Waals surface area (Å²) in [5, 5.41) is 20.5. The van der Waals surface area contributed by atoms with E-state index in [4.69, 9.17) is 10.2 Å². The van der Waals surface area contributed by atoms with Gasteiger partial charge in [0.05, 0.1) is 6.61 Å². The van der Waals surface area contributed by atoms with Crippen molar-refractivity contribution in [1.29, 1.82) is 0 Å². The SMILES string of the molecule is CCCCCCC=CCCCCCCCCN[C@@H](CO)C(=O)O. The third kappa shape index (κ3) is 15.8. The molecule has 0 bridgehead atoms. The minimum atomic E-state index is -0.981. The maximum Gasteiger partial charge on any atom is 0.323 e. The molecule has 0 fully saturated rings. The Morgan fingerprint density at radius 1 is 0.913 bits per heavy atom. The van der Waals surface area contributed by atoms with E-state index in [1.807, 2.05) is 0 Å². The summed E-state index contributed by atoms with van der Waals surface area (Å²) in [5.74, 6) is -0.981. The van der Waals surface area contributed by atoms with Crippen LogP contribution in [0, 0.1) is 0 Å². The minimum absolute atomic E-state index is 0.346. The summed E-state index contributed by atoms with van der Waals surface area (Å²) in [4.78, 5) is 10.7. The summed E-state index contributed by atoms with van der Waals surface area (Å²) in [5.41, 5.74) is 0. The summed E-state index contributed by atoms with van der Waals surface area (Å²) in [7, 11) is 0. The molecule has 3 N–H and O–H groups in total. The summed E-state index contributed by atoms with van der Waals surface area (Å²) in [6, 6.07) is -0.816. The summed E-state index contributed by atoms with van der Waals surface area (Å²) in [6.45, 7) is 2.56. The van der Waals surface area contributed by atoms with Crippen LogP contribution in [0.2, 0.25) is 0 Å². The molecular weight excluding hydrogens is 290 g/mol. The quantitative estimate of drug-likeness (QED) is 0.275. The van der Waals surface area contributed by atoms with E-state index in [-0.39, 0.29) is 6.61 Å². The van der Waals surface area contributed by atoms with E-state index >= 15 is 0 Å². The second-order valence-corrected chi connectivity index (χ2v) is 6.26. The lowest BCUT2D eigenvalue weighted by atomic mass is 10.1. The highest BCUT2D eigenvalue weighted by atomic mass is 16.4. The van der Waals surface area contributed by atoms with Crippen molar-refractivity contribution in [3.05, 3.63) is 12.2 Å². The van der Waals surface area contributed by atoms with Gasteiger partial charge in [0.15, 0.2) is 0 Å². The number of unbranched alkanes of at least 4 members (excludes halogenated alkanes) is 10. The fourth-order valence-corrected chi connectivity index (χ4v) is 2.53. The molecule has 0 aromatic carbocycles. The van der Waals surface area contributed by atoms with Crippen LogP contribution in [-0.4, -0.2) is 35.4 Å². The fraction of sp³-hybridized carbons (Fsp3) is 0.842. The van der Waals surface area contributed by atoms with E-state index in [0.717, 1.165) is 12.8 Å². The van der Waals surface area contributed by atoms with Crippen LogP contribution in [-0.2, 0) is 4.79 Å². The van der Waals surface area contributed by atoms with Crippen LogP contribution >= 0.6 is 0 Å². The molecule has 0 saturated carbocycles. The number of aliphatic carboxylic acids is 1. The summed E-state index contributed by atoms with van der Waals surface area (Å²) in [6.07, 6.45) is 19.6. The standard InChI is InChI=1S/C19H37NO3/c1-2-3-4-5-6-7-8-9-10-11-12-13-14-15-16-20-18(17-21)19(22)23/h7-8,18,20-21H,2-6,9-17H2,1H3,(H,22,23)/t18-/m0/s1. The molecule has 4 nitrogen and oxygen atoms in total. The van der Waals surface area contributed by atoms with Crippen LogP contribution in [0.15, 0.2) is 12.2 Å². The highest BCUT2D eigenvalue weighted by molar-refractivity contribution is 5.73. The molecular formula is C19H37NO3. The number of nitrogens with one attached hydrogen (secondary N) is 1. The third-order valence-electron chi connectivity index (χ3n) is 4.06. The summed E-state index contributed by atoms with van der Waals surface area (Å²) < 4.78 is 0. The molecule has 1 atom stereocenters. The lowest BCUT2D eigenvalue weighted by molar-refractivity contribution is -0.140. The number of allylic oxidation sites excluding steroid dienone is 2. The molecule has 0 aliphatic rings. The Balaban J connectivity index is 3.21. The molecule has 23 heavy (non-hydrogen) atoms. The van der Waals surface area contributed by atoms with Crippen LogP contribution in [0.1, 0.15) is 84.0 Å². The zero-order chi connectivity index (χ0) is 17.2. The minimum Gasteiger partial charge on any atom is -0.480 e. The van der Waals surface area contributed by atoms with Crippen LogP contribution in [0.4, 0.5) is 0 Å². The number of aliphatic hydroxyl groups is 1. The van der Waals surface area contributed by atoms with Crippen LogP contribution in [0.25, 0.3) is 0 Å². The molecule has 0 heterocycles. The van der Waals surface area contributed by atoms with Crippen molar-refractivity contribution >= 4 is 5.97 Å². The van der Waals surface area contributed by atoms with E-state index in [1.54, 1.807) is 0 Å². The first kappa shape index (κ1) is 22.1. The monoisotopic (exact) mass is 327 g/mol. The molecule has 0 unspecified atom stereocenters. The topological polar surface area (TPSA) is 69.6 Å². The van der Waals surface area contributed by atoms with Crippen LogP contribution < -0.4 is 5.32 Å². The van der Waals surface area contributed by atoms with Crippen molar-refractivity contribution < 1.29 is 15.0 Å². The predicted octanol–water partition coefficient (Wildman–Crippen LogP) is 4.28. The molecule has 136 valence electrons. The first-order chi connectivity index (χ1) is 11.2. The number of carboxylic acid groups (broad SMARTS) is 1. The van der Waals surface area contributed by atoms with E-state index in [1.165, 1.54) is 64.2 Å². The second-order valence-electron chi connectivity index (χ2n) is 6.26. The molecule has 0 radical (unpaired) electrons. The fourth-order valence-electron chi connectivity index (χ4n) is 2.53. The van der Waals surface area contributed by atoms with Gasteiger partial charge in [-0.2, -0.15) is 0 Å². The van der Waals surface area contributed by atoms with Crippen molar-refractivity contribution in [2.45, 2.75) is 90.0 Å². The third-order valence-corrected chi connectivity index (χ3v) is 4.06. The van der Waals surface area contributed by atoms with Gasteiger partial charge >= 0.3 is 5.97 Å².